The molecule has 5 heavy (non-hydrogen) atoms. The van der Waals surface area contributed by atoms with E-state index in [1.807, 2.05) is 0 Å². The smallest absolute Gasteiger partial charge is 0.143 e. The summed E-state index contributed by atoms with van der Waals surface area (Å²) < 4.78 is 4.28. The van der Waals surface area contributed by atoms with Crippen molar-refractivity contribution in [2.45, 2.75) is 0 Å². The van der Waals surface area contributed by atoms with E-state index in [1.165, 1.54) is 0 Å². The van der Waals surface area contributed by atoms with Gasteiger partial charge in [-0.05, 0) is 6.92 Å². The van der Waals surface area contributed by atoms with Crippen molar-refractivity contribution >= 4 is 0 Å². The minimum Gasteiger partial charge on any atom is -0.371 e. The Kier molecular flexibility index (Phi) is 3.86. The second-order valence-corrected chi connectivity index (χ2v) is 0.537. The number of ether oxygens (including phenoxy) is 1. The van der Waals surface area contributed by atoms with Gasteiger partial charge in [0, 0.05) is 6.61 Å². The van der Waals surface area contributed by atoms with Crippen molar-refractivity contribution in [1.29, 1.82) is 0 Å². The van der Waals surface area contributed by atoms with Crippen LogP contribution in [0.4, 0.5) is 0 Å². The minimum absolute atomic E-state index is 0.219. The van der Waals surface area contributed by atoms with Gasteiger partial charge >= 0.3 is 0 Å². The summed E-state index contributed by atoms with van der Waals surface area (Å²) in [5, 5.41) is 7.80. The Balaban J connectivity index is 2.19. The highest BCUT2D eigenvalue weighted by molar-refractivity contribution is 4.22. The first kappa shape index (κ1) is 4.92. The highest BCUT2D eigenvalue weighted by atomic mass is 16.6. The van der Waals surface area contributed by atoms with Crippen molar-refractivity contribution in [2.24, 2.45) is 0 Å². The Morgan fingerprint density at radius 1 is 1.80 bits per heavy atom. The Labute approximate surface area is 31.4 Å². The van der Waals surface area contributed by atoms with Crippen molar-refractivity contribution in [2.75, 3.05) is 13.4 Å². The third kappa shape index (κ3) is 3.92. The van der Waals surface area contributed by atoms with Crippen LogP contribution < -0.4 is 0 Å². The van der Waals surface area contributed by atoms with E-state index in [0.717, 1.165) is 0 Å². The molecule has 0 rings (SSSR count). The van der Waals surface area contributed by atoms with E-state index < -0.39 is 0 Å². The predicted molar refractivity (Wildman–Crippen MR) is 18.4 cm³/mol. The summed E-state index contributed by atoms with van der Waals surface area (Å²) in [6.07, 6.45) is 0. The van der Waals surface area contributed by atoms with E-state index in [0.29, 0.717) is 6.61 Å². The minimum atomic E-state index is -0.219. The van der Waals surface area contributed by atoms with Gasteiger partial charge in [-0.25, -0.2) is 0 Å². The van der Waals surface area contributed by atoms with Crippen molar-refractivity contribution < 1.29 is 9.84 Å². The molecule has 0 atom stereocenters. The first-order chi connectivity index (χ1) is 2.41. The summed E-state index contributed by atoms with van der Waals surface area (Å²) >= 11 is 0. The summed E-state index contributed by atoms with van der Waals surface area (Å²) in [5.41, 5.74) is 0. The van der Waals surface area contributed by atoms with Crippen LogP contribution >= 0.6 is 0 Å². The predicted octanol–water partition coefficient (Wildman–Crippen LogP) is -0.213. The summed E-state index contributed by atoms with van der Waals surface area (Å²) in [6.45, 7) is 3.42. The van der Waals surface area contributed by atoms with Crippen LogP contribution in [0.25, 0.3) is 0 Å². The molecule has 1 N–H and O–H groups in total. The second kappa shape index (κ2) is 3.92. The molecule has 0 heterocycles. The van der Waals surface area contributed by atoms with E-state index in [-0.39, 0.29) is 6.79 Å². The zero-order valence-corrected chi connectivity index (χ0v) is 2.98. The first-order valence-corrected chi connectivity index (χ1v) is 1.39. The van der Waals surface area contributed by atoms with Gasteiger partial charge in [-0.3, -0.25) is 0 Å². The topological polar surface area (TPSA) is 29.5 Å². The molecule has 1 radical (unpaired) electrons. The standard InChI is InChI=1S/C3H7O2/c1-2-5-3-4/h4H,1-3H2. The average Bonchev–Trinajstić information content (AvgIpc) is 1.41. The number of aliphatic hydroxyl groups is 1. The first-order valence-electron chi connectivity index (χ1n) is 1.39. The van der Waals surface area contributed by atoms with Gasteiger partial charge in [-0.2, -0.15) is 0 Å². The molecule has 0 fully saturated rings. The Morgan fingerprint density at radius 3 is 2.40 bits per heavy atom. The van der Waals surface area contributed by atoms with E-state index in [1.54, 1.807) is 0 Å². The number of hydrogen-bond donors (Lipinski definition) is 1. The lowest BCUT2D eigenvalue weighted by Gasteiger charge is -1.85. The lowest BCUT2D eigenvalue weighted by atomic mass is 10.9. The molecule has 0 aliphatic carbocycles. The molecule has 0 aliphatic rings. The van der Waals surface area contributed by atoms with Gasteiger partial charge < -0.3 is 9.84 Å². The van der Waals surface area contributed by atoms with Gasteiger partial charge in [-0.1, -0.05) is 0 Å². The molecule has 0 aromatic rings. The van der Waals surface area contributed by atoms with Crippen LogP contribution in [0.1, 0.15) is 0 Å². The summed E-state index contributed by atoms with van der Waals surface area (Å²) in [5.74, 6) is 0. The van der Waals surface area contributed by atoms with Crippen LogP contribution in [0.15, 0.2) is 0 Å². The fraction of sp³-hybridized carbons (Fsp3) is 0.667. The third-order valence-electron chi connectivity index (χ3n) is 0.236. The molecule has 2 nitrogen and oxygen atoms in total. The van der Waals surface area contributed by atoms with Gasteiger partial charge in [0.25, 0.3) is 0 Å². The second-order valence-electron chi connectivity index (χ2n) is 0.537. The average molecular weight is 75.1 g/mol. The third-order valence-corrected chi connectivity index (χ3v) is 0.236. The lowest BCUT2D eigenvalue weighted by Crippen LogP contribution is -1.88. The quantitative estimate of drug-likeness (QED) is 0.460. The molecule has 0 spiro atoms. The van der Waals surface area contributed by atoms with Crippen LogP contribution in [-0.4, -0.2) is 18.5 Å². The van der Waals surface area contributed by atoms with Crippen LogP contribution in [0.3, 0.4) is 0 Å². The Morgan fingerprint density at radius 2 is 2.40 bits per heavy atom. The molecular formula is C3H7O2. The van der Waals surface area contributed by atoms with Crippen LogP contribution in [0, 0.1) is 6.92 Å². The molecule has 31 valence electrons. The maximum absolute atomic E-state index is 7.80. The highest BCUT2D eigenvalue weighted by Gasteiger charge is 1.65. The summed E-state index contributed by atoms with van der Waals surface area (Å²) in [4.78, 5) is 0. The van der Waals surface area contributed by atoms with Gasteiger partial charge in [-0.15, -0.1) is 0 Å². The molecule has 0 aliphatic heterocycles. The van der Waals surface area contributed by atoms with Gasteiger partial charge in [0.05, 0.1) is 0 Å². The van der Waals surface area contributed by atoms with Gasteiger partial charge in [0.15, 0.2) is 0 Å². The molecule has 0 saturated carbocycles. The monoisotopic (exact) mass is 75.0 g/mol. The Bertz CT molecular complexity index is 12.4. The SMILES string of the molecule is [CH2]COCO. The normalized spacial score (nSPS) is 8.40. The largest absolute Gasteiger partial charge is 0.371 e. The van der Waals surface area contributed by atoms with Crippen LogP contribution in [0.5, 0.6) is 0 Å². The molecule has 0 aromatic heterocycles. The molecule has 0 saturated heterocycles. The van der Waals surface area contributed by atoms with E-state index in [2.05, 4.69) is 11.7 Å². The zero-order chi connectivity index (χ0) is 4.12. The number of aliphatic hydroxyl groups excluding tert-OH is 1. The molecule has 2 heteroatoms. The molecule has 0 bridgehead atoms. The van der Waals surface area contributed by atoms with Gasteiger partial charge in [0.2, 0.25) is 0 Å². The van der Waals surface area contributed by atoms with E-state index >= 15 is 0 Å². The van der Waals surface area contributed by atoms with Gasteiger partial charge in [0.1, 0.15) is 6.79 Å². The molecular weight excluding hydrogens is 68.0 g/mol. The van der Waals surface area contributed by atoms with E-state index in [9.17, 15) is 0 Å². The van der Waals surface area contributed by atoms with Crippen LogP contribution in [-0.2, 0) is 4.74 Å². The molecule has 0 aromatic carbocycles. The number of hydrogen-bond acceptors (Lipinski definition) is 2. The van der Waals surface area contributed by atoms with Crippen LogP contribution in [0.2, 0.25) is 0 Å². The zero-order valence-electron chi connectivity index (χ0n) is 2.98. The molecule has 0 unspecified atom stereocenters. The van der Waals surface area contributed by atoms with Crippen molar-refractivity contribution in [3.63, 3.8) is 0 Å². The lowest BCUT2D eigenvalue weighted by molar-refractivity contribution is 0.0124. The van der Waals surface area contributed by atoms with Crippen molar-refractivity contribution in [3.05, 3.63) is 6.92 Å². The Hall–Kier alpha value is -0.0800. The maximum Gasteiger partial charge on any atom is 0.143 e. The highest BCUT2D eigenvalue weighted by Crippen LogP contribution is 1.60. The maximum atomic E-state index is 7.80. The summed E-state index contributed by atoms with van der Waals surface area (Å²) in [7, 11) is 0. The number of rotatable bonds is 2. The van der Waals surface area contributed by atoms with Crippen molar-refractivity contribution in [1.82, 2.24) is 0 Å². The molecule has 0 amide bonds. The summed E-state index contributed by atoms with van der Waals surface area (Å²) in [6, 6.07) is 0. The fourth-order valence-electron chi connectivity index (χ4n) is 0.0645. The fourth-order valence-corrected chi connectivity index (χ4v) is 0.0645. The van der Waals surface area contributed by atoms with Crippen molar-refractivity contribution in [3.8, 4) is 0 Å². The van der Waals surface area contributed by atoms with E-state index in [4.69, 9.17) is 5.11 Å².